The summed E-state index contributed by atoms with van der Waals surface area (Å²) in [5.41, 5.74) is 2.48. The SMILES string of the molecule is CC(NC(=O)C1CCNCC1)C(c1ccccc1)c1ccccc1.Cl. The van der Waals surface area contributed by atoms with Crippen LogP contribution in [-0.4, -0.2) is 25.0 Å². The van der Waals surface area contributed by atoms with Crippen molar-refractivity contribution in [3.63, 3.8) is 0 Å². The van der Waals surface area contributed by atoms with Gasteiger partial charge >= 0.3 is 0 Å². The van der Waals surface area contributed by atoms with E-state index in [9.17, 15) is 4.79 Å². The summed E-state index contributed by atoms with van der Waals surface area (Å²) in [4.78, 5) is 12.6. The predicted octanol–water partition coefficient (Wildman–Crippen LogP) is 3.74. The fraction of sp³-hybridized carbons (Fsp3) is 0.381. The van der Waals surface area contributed by atoms with Crippen LogP contribution in [-0.2, 0) is 4.79 Å². The molecule has 134 valence electrons. The zero-order chi connectivity index (χ0) is 16.8. The highest BCUT2D eigenvalue weighted by Crippen LogP contribution is 2.28. The molecule has 0 aliphatic carbocycles. The van der Waals surface area contributed by atoms with E-state index in [2.05, 4.69) is 66.1 Å². The van der Waals surface area contributed by atoms with E-state index >= 15 is 0 Å². The number of rotatable bonds is 5. The Morgan fingerprint density at radius 2 is 1.44 bits per heavy atom. The Labute approximate surface area is 156 Å². The zero-order valence-electron chi connectivity index (χ0n) is 14.7. The van der Waals surface area contributed by atoms with E-state index in [1.165, 1.54) is 11.1 Å². The quantitative estimate of drug-likeness (QED) is 0.854. The minimum Gasteiger partial charge on any atom is -0.352 e. The molecule has 1 atom stereocenters. The second-order valence-electron chi connectivity index (χ2n) is 6.62. The first kappa shape index (κ1) is 19.5. The Morgan fingerprint density at radius 1 is 0.960 bits per heavy atom. The number of piperidine rings is 1. The molecule has 0 radical (unpaired) electrons. The lowest BCUT2D eigenvalue weighted by atomic mass is 9.85. The molecule has 2 N–H and O–H groups in total. The van der Waals surface area contributed by atoms with Crippen molar-refractivity contribution < 1.29 is 4.79 Å². The molecular formula is C21H27ClN2O. The van der Waals surface area contributed by atoms with Gasteiger partial charge < -0.3 is 10.6 Å². The Balaban J connectivity index is 0.00000225. The molecule has 1 unspecified atom stereocenters. The molecule has 1 heterocycles. The highest BCUT2D eigenvalue weighted by Gasteiger charge is 2.26. The molecule has 1 aliphatic heterocycles. The average Bonchev–Trinajstić information content (AvgIpc) is 2.64. The minimum absolute atomic E-state index is 0. The third-order valence-corrected chi connectivity index (χ3v) is 4.90. The van der Waals surface area contributed by atoms with Gasteiger partial charge in [0.2, 0.25) is 5.91 Å². The average molecular weight is 359 g/mol. The molecule has 1 fully saturated rings. The summed E-state index contributed by atoms with van der Waals surface area (Å²) in [5.74, 6) is 0.500. The Hall–Kier alpha value is -1.84. The molecule has 0 bridgehead atoms. The van der Waals surface area contributed by atoms with Gasteiger partial charge in [-0.05, 0) is 44.0 Å². The maximum Gasteiger partial charge on any atom is 0.223 e. The van der Waals surface area contributed by atoms with Crippen LogP contribution in [0.1, 0.15) is 36.8 Å². The summed E-state index contributed by atoms with van der Waals surface area (Å²) in [5, 5.41) is 6.60. The Kier molecular flexibility index (Phi) is 7.48. The lowest BCUT2D eigenvalue weighted by Gasteiger charge is -2.29. The van der Waals surface area contributed by atoms with Crippen LogP contribution in [0.5, 0.6) is 0 Å². The standard InChI is InChI=1S/C21H26N2O.ClH/c1-16(23-21(24)19-12-14-22-15-13-19)20(17-8-4-2-5-9-17)18-10-6-3-7-11-18;/h2-11,16,19-20,22H,12-15H2,1H3,(H,23,24);1H. The number of amides is 1. The molecule has 3 rings (SSSR count). The van der Waals surface area contributed by atoms with Gasteiger partial charge in [0, 0.05) is 17.9 Å². The van der Waals surface area contributed by atoms with Crippen LogP contribution in [0.3, 0.4) is 0 Å². The Morgan fingerprint density at radius 3 is 1.92 bits per heavy atom. The van der Waals surface area contributed by atoms with Crippen LogP contribution in [0.2, 0.25) is 0 Å². The van der Waals surface area contributed by atoms with Crippen LogP contribution in [0.25, 0.3) is 0 Å². The van der Waals surface area contributed by atoms with E-state index in [0.717, 1.165) is 25.9 Å². The molecule has 25 heavy (non-hydrogen) atoms. The van der Waals surface area contributed by atoms with Crippen molar-refractivity contribution in [3.8, 4) is 0 Å². The first-order valence-corrected chi connectivity index (χ1v) is 8.86. The van der Waals surface area contributed by atoms with Crippen LogP contribution in [0, 0.1) is 5.92 Å². The fourth-order valence-corrected chi connectivity index (χ4v) is 3.60. The molecule has 4 heteroatoms. The molecule has 2 aromatic carbocycles. The summed E-state index contributed by atoms with van der Waals surface area (Å²) in [6, 6.07) is 20.9. The third kappa shape index (κ3) is 5.07. The minimum atomic E-state index is 0. The summed E-state index contributed by atoms with van der Waals surface area (Å²) >= 11 is 0. The van der Waals surface area contributed by atoms with E-state index in [4.69, 9.17) is 0 Å². The summed E-state index contributed by atoms with van der Waals surface area (Å²) < 4.78 is 0. The number of benzene rings is 2. The van der Waals surface area contributed by atoms with E-state index in [1.807, 2.05) is 12.1 Å². The second kappa shape index (κ2) is 9.59. The maximum atomic E-state index is 12.6. The molecule has 0 saturated carbocycles. The number of carbonyl (C=O) groups is 1. The number of halogens is 1. The van der Waals surface area contributed by atoms with E-state index in [0.29, 0.717) is 0 Å². The van der Waals surface area contributed by atoms with Gasteiger partial charge in [0.15, 0.2) is 0 Å². The van der Waals surface area contributed by atoms with Gasteiger partial charge in [0.25, 0.3) is 0 Å². The number of nitrogens with one attached hydrogen (secondary N) is 2. The molecule has 1 saturated heterocycles. The number of hydrogen-bond acceptors (Lipinski definition) is 2. The normalized spacial score (nSPS) is 16.1. The first-order chi connectivity index (χ1) is 11.8. The van der Waals surface area contributed by atoms with Crippen molar-refractivity contribution >= 4 is 18.3 Å². The van der Waals surface area contributed by atoms with Gasteiger partial charge in [-0.25, -0.2) is 0 Å². The second-order valence-corrected chi connectivity index (χ2v) is 6.62. The third-order valence-electron chi connectivity index (χ3n) is 4.90. The molecule has 1 aliphatic rings. The first-order valence-electron chi connectivity index (χ1n) is 8.86. The van der Waals surface area contributed by atoms with Crippen LogP contribution >= 0.6 is 12.4 Å². The van der Waals surface area contributed by atoms with E-state index in [1.54, 1.807) is 0 Å². The molecule has 0 aromatic heterocycles. The maximum absolute atomic E-state index is 12.6. The topological polar surface area (TPSA) is 41.1 Å². The monoisotopic (exact) mass is 358 g/mol. The molecular weight excluding hydrogens is 332 g/mol. The van der Waals surface area contributed by atoms with Crippen molar-refractivity contribution in [3.05, 3.63) is 71.8 Å². The molecule has 2 aromatic rings. The van der Waals surface area contributed by atoms with E-state index < -0.39 is 0 Å². The number of hydrogen-bond donors (Lipinski definition) is 2. The molecule has 0 spiro atoms. The van der Waals surface area contributed by atoms with Crippen molar-refractivity contribution in [2.75, 3.05) is 13.1 Å². The summed E-state index contributed by atoms with van der Waals surface area (Å²) in [6.07, 6.45) is 1.86. The summed E-state index contributed by atoms with van der Waals surface area (Å²) in [7, 11) is 0. The molecule has 1 amide bonds. The molecule has 3 nitrogen and oxygen atoms in total. The Bertz CT molecular complexity index is 602. The van der Waals surface area contributed by atoms with Gasteiger partial charge in [-0.2, -0.15) is 0 Å². The van der Waals surface area contributed by atoms with E-state index in [-0.39, 0.29) is 36.2 Å². The van der Waals surface area contributed by atoms with Gasteiger partial charge in [-0.15, -0.1) is 12.4 Å². The van der Waals surface area contributed by atoms with Crippen LogP contribution in [0.15, 0.2) is 60.7 Å². The van der Waals surface area contributed by atoms with Crippen molar-refractivity contribution in [1.29, 1.82) is 0 Å². The van der Waals surface area contributed by atoms with Crippen LogP contribution < -0.4 is 10.6 Å². The van der Waals surface area contributed by atoms with Gasteiger partial charge in [-0.3, -0.25) is 4.79 Å². The van der Waals surface area contributed by atoms with Gasteiger partial charge in [0.05, 0.1) is 0 Å². The highest BCUT2D eigenvalue weighted by molar-refractivity contribution is 5.85. The smallest absolute Gasteiger partial charge is 0.223 e. The zero-order valence-corrected chi connectivity index (χ0v) is 15.5. The summed E-state index contributed by atoms with van der Waals surface area (Å²) in [6.45, 7) is 3.99. The fourth-order valence-electron chi connectivity index (χ4n) is 3.60. The van der Waals surface area contributed by atoms with Gasteiger partial charge in [-0.1, -0.05) is 60.7 Å². The van der Waals surface area contributed by atoms with Crippen molar-refractivity contribution in [2.24, 2.45) is 5.92 Å². The number of carbonyl (C=O) groups excluding carboxylic acids is 1. The van der Waals surface area contributed by atoms with Crippen molar-refractivity contribution in [1.82, 2.24) is 10.6 Å². The van der Waals surface area contributed by atoms with Crippen molar-refractivity contribution in [2.45, 2.75) is 31.7 Å². The van der Waals surface area contributed by atoms with Crippen LogP contribution in [0.4, 0.5) is 0 Å². The lowest BCUT2D eigenvalue weighted by Crippen LogP contribution is -2.43. The largest absolute Gasteiger partial charge is 0.352 e. The predicted molar refractivity (Wildman–Crippen MR) is 105 cm³/mol. The lowest BCUT2D eigenvalue weighted by molar-refractivity contribution is -0.126. The van der Waals surface area contributed by atoms with Gasteiger partial charge in [0.1, 0.15) is 0 Å². The highest BCUT2D eigenvalue weighted by atomic mass is 35.5.